The van der Waals surface area contributed by atoms with Gasteiger partial charge >= 0.3 is 0 Å². The summed E-state index contributed by atoms with van der Waals surface area (Å²) < 4.78 is 21.0. The quantitative estimate of drug-likeness (QED) is 0.756. The summed E-state index contributed by atoms with van der Waals surface area (Å²) in [4.78, 5) is 0. The molecule has 0 atom stereocenters. The minimum Gasteiger partial charge on any atom is -0.438 e. The van der Waals surface area contributed by atoms with Gasteiger partial charge in [0.15, 0.2) is 0 Å². The van der Waals surface area contributed by atoms with Crippen LogP contribution in [-0.2, 0) is 6.54 Å². The molecule has 3 aromatic rings. The van der Waals surface area contributed by atoms with E-state index in [1.807, 2.05) is 37.3 Å². The molecule has 2 N–H and O–H groups in total. The van der Waals surface area contributed by atoms with Crippen molar-refractivity contribution in [1.29, 1.82) is 0 Å². The second-order valence-electron chi connectivity index (χ2n) is 5.57. The van der Waals surface area contributed by atoms with Gasteiger partial charge in [0.05, 0.1) is 23.5 Å². The molecule has 0 saturated carbocycles. The molecule has 0 unspecified atom stereocenters. The molecule has 5 heteroatoms. The highest BCUT2D eigenvalue weighted by Gasteiger charge is 2.19. The number of benzene rings is 2. The van der Waals surface area contributed by atoms with Gasteiger partial charge in [0.25, 0.3) is 0 Å². The van der Waals surface area contributed by atoms with Crippen LogP contribution in [0.3, 0.4) is 0 Å². The first kappa shape index (κ1) is 16.2. The van der Waals surface area contributed by atoms with Crippen LogP contribution < -0.4 is 10.1 Å². The number of halogens is 1. The number of aromatic nitrogens is 2. The summed E-state index contributed by atoms with van der Waals surface area (Å²) in [5, 5.41) is 6.84. The average molecular weight is 326 g/mol. The number of para-hydroxylation sites is 1. The van der Waals surface area contributed by atoms with E-state index in [2.05, 4.69) is 17.3 Å². The van der Waals surface area contributed by atoms with Crippen molar-refractivity contribution in [1.82, 2.24) is 9.78 Å². The van der Waals surface area contributed by atoms with Crippen molar-refractivity contribution in [3.63, 3.8) is 0 Å². The van der Waals surface area contributed by atoms with Gasteiger partial charge in [-0.2, -0.15) is 5.10 Å². The summed E-state index contributed by atoms with van der Waals surface area (Å²) in [6.07, 6.45) is 0. The van der Waals surface area contributed by atoms with Crippen LogP contribution >= 0.6 is 0 Å². The Morgan fingerprint density at radius 2 is 1.79 bits per heavy atom. The standard InChI is InChI=1S/C19H20FN3O/c1-3-21-13-18-14(2)22-23(16-7-5-4-6-8-16)19(18)24-17-11-9-15(20)10-12-17/h4-12,21H,3,13H2,1-2H3/p+1. The van der Waals surface area contributed by atoms with E-state index < -0.39 is 0 Å². The molecule has 0 aliphatic heterocycles. The van der Waals surface area contributed by atoms with Crippen molar-refractivity contribution in [3.8, 4) is 17.3 Å². The topological polar surface area (TPSA) is 43.7 Å². The highest BCUT2D eigenvalue weighted by Crippen LogP contribution is 2.30. The first-order chi connectivity index (χ1) is 11.7. The Kier molecular flexibility index (Phi) is 4.91. The molecule has 0 aliphatic carbocycles. The third kappa shape index (κ3) is 3.46. The highest BCUT2D eigenvalue weighted by atomic mass is 19.1. The van der Waals surface area contributed by atoms with Crippen LogP contribution in [0.4, 0.5) is 4.39 Å². The number of aryl methyl sites for hydroxylation is 1. The van der Waals surface area contributed by atoms with Gasteiger partial charge in [0.2, 0.25) is 5.88 Å². The number of ether oxygens (including phenoxy) is 1. The van der Waals surface area contributed by atoms with E-state index in [0.717, 1.165) is 30.0 Å². The van der Waals surface area contributed by atoms with Gasteiger partial charge in [-0.1, -0.05) is 18.2 Å². The maximum Gasteiger partial charge on any atom is 0.231 e. The van der Waals surface area contributed by atoms with E-state index >= 15 is 0 Å². The van der Waals surface area contributed by atoms with E-state index in [0.29, 0.717) is 11.6 Å². The summed E-state index contributed by atoms with van der Waals surface area (Å²) in [6, 6.07) is 15.9. The number of hydrogen-bond acceptors (Lipinski definition) is 2. The summed E-state index contributed by atoms with van der Waals surface area (Å²) >= 11 is 0. The fourth-order valence-electron chi connectivity index (χ4n) is 2.53. The molecule has 0 aliphatic rings. The molecule has 1 heterocycles. The molecule has 0 fully saturated rings. The zero-order chi connectivity index (χ0) is 16.9. The Hall–Kier alpha value is -2.66. The lowest BCUT2D eigenvalue weighted by Crippen LogP contribution is -2.81. The van der Waals surface area contributed by atoms with Crippen molar-refractivity contribution >= 4 is 0 Å². The van der Waals surface area contributed by atoms with Gasteiger partial charge in [0, 0.05) is 0 Å². The Morgan fingerprint density at radius 1 is 1.08 bits per heavy atom. The van der Waals surface area contributed by atoms with E-state index in [1.165, 1.54) is 12.1 Å². The number of nitrogens with two attached hydrogens (primary N) is 1. The lowest BCUT2D eigenvalue weighted by Gasteiger charge is -2.11. The van der Waals surface area contributed by atoms with E-state index in [1.54, 1.807) is 16.8 Å². The van der Waals surface area contributed by atoms with E-state index in [9.17, 15) is 4.39 Å². The molecule has 1 aromatic heterocycles. The lowest BCUT2D eigenvalue weighted by atomic mass is 10.2. The van der Waals surface area contributed by atoms with Crippen molar-refractivity contribution < 1.29 is 14.4 Å². The molecule has 0 spiro atoms. The van der Waals surface area contributed by atoms with Crippen LogP contribution in [0.15, 0.2) is 54.6 Å². The molecular formula is C19H21FN3O+. The van der Waals surface area contributed by atoms with E-state index in [4.69, 9.17) is 4.74 Å². The van der Waals surface area contributed by atoms with Gasteiger partial charge in [-0.15, -0.1) is 0 Å². The van der Waals surface area contributed by atoms with E-state index in [-0.39, 0.29) is 5.82 Å². The zero-order valence-corrected chi connectivity index (χ0v) is 13.9. The largest absolute Gasteiger partial charge is 0.438 e. The predicted molar refractivity (Wildman–Crippen MR) is 90.9 cm³/mol. The fourth-order valence-corrected chi connectivity index (χ4v) is 2.53. The Balaban J connectivity index is 2.04. The summed E-state index contributed by atoms with van der Waals surface area (Å²) in [6.45, 7) is 5.85. The molecule has 124 valence electrons. The second-order valence-corrected chi connectivity index (χ2v) is 5.57. The predicted octanol–water partition coefficient (Wildman–Crippen LogP) is 3.20. The summed E-state index contributed by atoms with van der Waals surface area (Å²) in [7, 11) is 0. The molecule has 0 bridgehead atoms. The summed E-state index contributed by atoms with van der Waals surface area (Å²) in [5.41, 5.74) is 2.91. The van der Waals surface area contributed by atoms with Gasteiger partial charge in [-0.3, -0.25) is 0 Å². The number of rotatable bonds is 6. The maximum absolute atomic E-state index is 13.1. The molecule has 0 radical (unpaired) electrons. The van der Waals surface area contributed by atoms with Crippen molar-refractivity contribution in [2.24, 2.45) is 0 Å². The third-order valence-electron chi connectivity index (χ3n) is 3.80. The SMILES string of the molecule is CC[NH2+]Cc1c(C)nn(-c2ccccc2)c1Oc1ccc(F)cc1. The first-order valence-electron chi connectivity index (χ1n) is 8.08. The Morgan fingerprint density at radius 3 is 2.46 bits per heavy atom. The van der Waals surface area contributed by atoms with Crippen LogP contribution in [0.1, 0.15) is 18.2 Å². The summed E-state index contributed by atoms with van der Waals surface area (Å²) in [5.74, 6) is 0.982. The lowest BCUT2D eigenvalue weighted by molar-refractivity contribution is -0.667. The van der Waals surface area contributed by atoms with Gasteiger partial charge in [-0.05, 0) is 50.2 Å². The minimum absolute atomic E-state index is 0.283. The molecule has 2 aromatic carbocycles. The van der Waals surface area contributed by atoms with Gasteiger partial charge < -0.3 is 10.1 Å². The molecule has 0 saturated heterocycles. The van der Waals surface area contributed by atoms with Gasteiger partial charge in [0.1, 0.15) is 18.1 Å². The Labute approximate surface area is 140 Å². The number of hydrogen-bond donors (Lipinski definition) is 1. The fraction of sp³-hybridized carbons (Fsp3) is 0.211. The molecule has 0 amide bonds. The van der Waals surface area contributed by atoms with Crippen LogP contribution in [0.5, 0.6) is 11.6 Å². The number of quaternary nitrogens is 1. The Bertz CT molecular complexity index is 797. The monoisotopic (exact) mass is 326 g/mol. The maximum atomic E-state index is 13.1. The number of nitrogens with zero attached hydrogens (tertiary/aromatic N) is 2. The molecule has 3 rings (SSSR count). The highest BCUT2D eigenvalue weighted by molar-refractivity contribution is 5.42. The second kappa shape index (κ2) is 7.27. The normalized spacial score (nSPS) is 10.8. The zero-order valence-electron chi connectivity index (χ0n) is 13.9. The van der Waals surface area contributed by atoms with Crippen molar-refractivity contribution in [2.45, 2.75) is 20.4 Å². The van der Waals surface area contributed by atoms with Crippen LogP contribution in [0.2, 0.25) is 0 Å². The van der Waals surface area contributed by atoms with Crippen LogP contribution in [-0.4, -0.2) is 16.3 Å². The molecule has 4 nitrogen and oxygen atoms in total. The molecule has 24 heavy (non-hydrogen) atoms. The first-order valence-corrected chi connectivity index (χ1v) is 8.08. The minimum atomic E-state index is -0.283. The molecular weight excluding hydrogens is 305 g/mol. The smallest absolute Gasteiger partial charge is 0.231 e. The van der Waals surface area contributed by atoms with Gasteiger partial charge in [-0.25, -0.2) is 9.07 Å². The van der Waals surface area contributed by atoms with Crippen LogP contribution in [0, 0.1) is 12.7 Å². The van der Waals surface area contributed by atoms with Crippen molar-refractivity contribution in [2.75, 3.05) is 6.54 Å². The van der Waals surface area contributed by atoms with Crippen LogP contribution in [0.25, 0.3) is 5.69 Å². The average Bonchev–Trinajstić information content (AvgIpc) is 2.91. The third-order valence-corrected chi connectivity index (χ3v) is 3.80. The van der Waals surface area contributed by atoms with Crippen molar-refractivity contribution in [3.05, 3.63) is 71.7 Å².